The van der Waals surface area contributed by atoms with Crippen LogP contribution < -0.4 is 5.32 Å². The normalized spacial score (nSPS) is 10.6. The Bertz CT molecular complexity index is 786. The van der Waals surface area contributed by atoms with Crippen LogP contribution in [0.4, 0.5) is 9.52 Å². The van der Waals surface area contributed by atoms with E-state index in [0.29, 0.717) is 10.2 Å². The molecule has 0 saturated heterocycles. The molecule has 3 aromatic rings. The van der Waals surface area contributed by atoms with Gasteiger partial charge in [-0.05, 0) is 29.6 Å². The third-order valence-corrected chi connectivity index (χ3v) is 4.56. The largest absolute Gasteiger partial charge is 0.298 e. The molecule has 3 rings (SSSR count). The third-order valence-electron chi connectivity index (χ3n) is 2.67. The fourth-order valence-electron chi connectivity index (χ4n) is 1.70. The van der Waals surface area contributed by atoms with E-state index in [1.165, 1.54) is 23.5 Å². The molecule has 0 aliphatic rings. The Kier molecular flexibility index (Phi) is 4.01. The van der Waals surface area contributed by atoms with Crippen molar-refractivity contribution >= 4 is 45.3 Å². The fraction of sp³-hybridized carbons (Fsp3) is 0. The highest BCUT2D eigenvalue weighted by atomic mass is 35.5. The highest BCUT2D eigenvalue weighted by molar-refractivity contribution is 7.16. The van der Waals surface area contributed by atoms with Gasteiger partial charge in [-0.2, -0.15) is 0 Å². The van der Waals surface area contributed by atoms with Crippen molar-refractivity contribution in [3.8, 4) is 10.6 Å². The van der Waals surface area contributed by atoms with E-state index in [4.69, 9.17) is 11.6 Å². The Balaban J connectivity index is 1.80. The van der Waals surface area contributed by atoms with Crippen molar-refractivity contribution in [2.24, 2.45) is 0 Å². The van der Waals surface area contributed by atoms with E-state index in [1.54, 1.807) is 11.3 Å². The Hall–Kier alpha value is -1.76. The Morgan fingerprint density at radius 3 is 2.90 bits per heavy atom. The van der Waals surface area contributed by atoms with Crippen molar-refractivity contribution in [1.29, 1.82) is 0 Å². The molecule has 0 aliphatic carbocycles. The summed E-state index contributed by atoms with van der Waals surface area (Å²) in [5.74, 6) is -1.19. The van der Waals surface area contributed by atoms with Gasteiger partial charge in [-0.15, -0.1) is 22.7 Å². The van der Waals surface area contributed by atoms with Crippen LogP contribution in [0.25, 0.3) is 10.6 Å². The van der Waals surface area contributed by atoms with Gasteiger partial charge in [0.25, 0.3) is 5.91 Å². The number of rotatable bonds is 3. The molecular weight excluding hydrogens is 331 g/mol. The van der Waals surface area contributed by atoms with Crippen LogP contribution in [0.15, 0.2) is 41.1 Å². The molecule has 106 valence electrons. The molecular formula is C14H8ClFN2OS2. The number of benzene rings is 1. The standard InChI is InChI=1S/C14H8ClFN2OS2/c15-8-3-4-10(16)9(6-8)13(19)18-14-17-11(7-21-14)12-2-1-5-20-12/h1-7H,(H,17,18,19). The van der Waals surface area contributed by atoms with E-state index in [2.05, 4.69) is 10.3 Å². The molecule has 1 N–H and O–H groups in total. The average Bonchev–Trinajstić information content (AvgIpc) is 3.11. The summed E-state index contributed by atoms with van der Waals surface area (Å²) in [4.78, 5) is 17.4. The molecule has 0 radical (unpaired) electrons. The van der Waals surface area contributed by atoms with E-state index in [1.807, 2.05) is 22.9 Å². The second-order valence-corrected chi connectivity index (χ2v) is 6.34. The molecule has 1 aromatic carbocycles. The first-order valence-electron chi connectivity index (χ1n) is 5.89. The van der Waals surface area contributed by atoms with E-state index in [-0.39, 0.29) is 5.56 Å². The quantitative estimate of drug-likeness (QED) is 0.736. The summed E-state index contributed by atoms with van der Waals surface area (Å²) in [5.41, 5.74) is 0.687. The average molecular weight is 339 g/mol. The number of nitrogens with zero attached hydrogens (tertiary/aromatic N) is 1. The summed E-state index contributed by atoms with van der Waals surface area (Å²) in [7, 11) is 0. The third kappa shape index (κ3) is 3.12. The van der Waals surface area contributed by atoms with Gasteiger partial charge in [0.1, 0.15) is 5.82 Å². The van der Waals surface area contributed by atoms with Gasteiger partial charge in [-0.25, -0.2) is 9.37 Å². The lowest BCUT2D eigenvalue weighted by atomic mass is 10.2. The molecule has 21 heavy (non-hydrogen) atoms. The van der Waals surface area contributed by atoms with Gasteiger partial charge >= 0.3 is 0 Å². The first-order chi connectivity index (χ1) is 10.1. The smallest absolute Gasteiger partial charge is 0.260 e. The van der Waals surface area contributed by atoms with Crippen molar-refractivity contribution < 1.29 is 9.18 Å². The van der Waals surface area contributed by atoms with Crippen molar-refractivity contribution in [1.82, 2.24) is 4.98 Å². The zero-order valence-corrected chi connectivity index (χ0v) is 12.9. The molecule has 0 fully saturated rings. The number of amides is 1. The lowest BCUT2D eigenvalue weighted by Crippen LogP contribution is -2.13. The second-order valence-electron chi connectivity index (χ2n) is 4.09. The summed E-state index contributed by atoms with van der Waals surface area (Å²) in [6.45, 7) is 0. The molecule has 2 heterocycles. The van der Waals surface area contributed by atoms with E-state index < -0.39 is 11.7 Å². The summed E-state index contributed by atoms with van der Waals surface area (Å²) >= 11 is 8.63. The summed E-state index contributed by atoms with van der Waals surface area (Å²) in [6.07, 6.45) is 0. The summed E-state index contributed by atoms with van der Waals surface area (Å²) in [5, 5.41) is 7.10. The van der Waals surface area contributed by atoms with Gasteiger partial charge in [0.05, 0.1) is 16.1 Å². The molecule has 0 spiro atoms. The van der Waals surface area contributed by atoms with Gasteiger partial charge in [0.2, 0.25) is 0 Å². The van der Waals surface area contributed by atoms with Crippen molar-refractivity contribution in [3.05, 3.63) is 57.5 Å². The zero-order chi connectivity index (χ0) is 14.8. The zero-order valence-electron chi connectivity index (χ0n) is 10.5. The minimum Gasteiger partial charge on any atom is -0.298 e. The topological polar surface area (TPSA) is 42.0 Å². The van der Waals surface area contributed by atoms with Crippen molar-refractivity contribution in [3.63, 3.8) is 0 Å². The lowest BCUT2D eigenvalue weighted by Gasteiger charge is -2.03. The lowest BCUT2D eigenvalue weighted by molar-refractivity contribution is 0.102. The molecule has 7 heteroatoms. The number of carbonyl (C=O) groups excluding carboxylic acids is 1. The van der Waals surface area contributed by atoms with Crippen LogP contribution >= 0.6 is 34.3 Å². The van der Waals surface area contributed by atoms with Crippen LogP contribution in [0.1, 0.15) is 10.4 Å². The van der Waals surface area contributed by atoms with E-state index >= 15 is 0 Å². The number of thiazole rings is 1. The molecule has 0 saturated carbocycles. The molecule has 0 unspecified atom stereocenters. The van der Waals surface area contributed by atoms with E-state index in [9.17, 15) is 9.18 Å². The second kappa shape index (κ2) is 5.93. The first kappa shape index (κ1) is 14.2. The molecule has 0 bridgehead atoms. The van der Waals surface area contributed by atoms with Crippen LogP contribution in [0, 0.1) is 5.82 Å². The predicted molar refractivity (Wildman–Crippen MR) is 84.8 cm³/mol. The maximum Gasteiger partial charge on any atom is 0.260 e. The Morgan fingerprint density at radius 2 is 2.14 bits per heavy atom. The predicted octanol–water partition coefficient (Wildman–Crippen LogP) is 4.92. The van der Waals surface area contributed by atoms with Crippen LogP contribution in [0.3, 0.4) is 0 Å². The minimum absolute atomic E-state index is 0.102. The number of carbonyl (C=O) groups is 1. The fourth-order valence-corrected chi connectivity index (χ4v) is 3.34. The van der Waals surface area contributed by atoms with Gasteiger partial charge in [-0.3, -0.25) is 10.1 Å². The minimum atomic E-state index is -0.619. The van der Waals surface area contributed by atoms with Crippen LogP contribution in [-0.4, -0.2) is 10.9 Å². The van der Waals surface area contributed by atoms with Crippen LogP contribution in [-0.2, 0) is 0 Å². The number of halogens is 2. The van der Waals surface area contributed by atoms with Gasteiger partial charge in [-0.1, -0.05) is 17.7 Å². The van der Waals surface area contributed by atoms with Crippen LogP contribution in [0.2, 0.25) is 5.02 Å². The Labute approximate surface area is 133 Å². The number of anilines is 1. The monoisotopic (exact) mass is 338 g/mol. The van der Waals surface area contributed by atoms with Crippen molar-refractivity contribution in [2.75, 3.05) is 5.32 Å². The van der Waals surface area contributed by atoms with Crippen LogP contribution in [0.5, 0.6) is 0 Å². The number of thiophene rings is 1. The number of aromatic nitrogens is 1. The van der Waals surface area contributed by atoms with Gasteiger partial charge in [0.15, 0.2) is 5.13 Å². The van der Waals surface area contributed by atoms with Crippen molar-refractivity contribution in [2.45, 2.75) is 0 Å². The first-order valence-corrected chi connectivity index (χ1v) is 8.03. The van der Waals surface area contributed by atoms with E-state index in [0.717, 1.165) is 16.6 Å². The molecule has 2 aromatic heterocycles. The van der Waals surface area contributed by atoms with Gasteiger partial charge < -0.3 is 0 Å². The molecule has 3 nitrogen and oxygen atoms in total. The maximum absolute atomic E-state index is 13.6. The molecule has 1 amide bonds. The summed E-state index contributed by atoms with van der Waals surface area (Å²) in [6, 6.07) is 7.73. The highest BCUT2D eigenvalue weighted by Gasteiger charge is 2.14. The highest BCUT2D eigenvalue weighted by Crippen LogP contribution is 2.28. The number of nitrogens with one attached hydrogen (secondary N) is 1. The number of hydrogen-bond acceptors (Lipinski definition) is 4. The number of hydrogen-bond donors (Lipinski definition) is 1. The maximum atomic E-state index is 13.6. The Morgan fingerprint density at radius 1 is 1.29 bits per heavy atom. The molecule has 0 atom stereocenters. The SMILES string of the molecule is O=C(Nc1nc(-c2cccs2)cs1)c1cc(Cl)ccc1F. The summed E-state index contributed by atoms with van der Waals surface area (Å²) < 4.78 is 13.6. The molecule has 0 aliphatic heterocycles. The van der Waals surface area contributed by atoms with Gasteiger partial charge in [0, 0.05) is 10.4 Å².